The van der Waals surface area contributed by atoms with Crippen LogP contribution in [0.4, 0.5) is 0 Å². The van der Waals surface area contributed by atoms with Crippen molar-refractivity contribution in [3.05, 3.63) is 24.0 Å². The third kappa shape index (κ3) is 1.85. The van der Waals surface area contributed by atoms with E-state index in [-0.39, 0.29) is 6.61 Å². The lowest BCUT2D eigenvalue weighted by Crippen LogP contribution is -2.46. The Morgan fingerprint density at radius 3 is 3.05 bits per heavy atom. The summed E-state index contributed by atoms with van der Waals surface area (Å²) in [5, 5.41) is 29.5. The third-order valence-corrected chi connectivity index (χ3v) is 4.17. The van der Waals surface area contributed by atoms with Crippen molar-refractivity contribution in [3.8, 4) is 11.4 Å². The summed E-state index contributed by atoms with van der Waals surface area (Å²) in [6.07, 6.45) is 0.637. The Kier molecular flexibility index (Phi) is 2.77. The molecule has 2 aliphatic heterocycles. The van der Waals surface area contributed by atoms with Gasteiger partial charge in [0.25, 0.3) is 0 Å². The van der Waals surface area contributed by atoms with Crippen molar-refractivity contribution in [3.63, 3.8) is 0 Å². The van der Waals surface area contributed by atoms with Gasteiger partial charge in [0.2, 0.25) is 0 Å². The van der Waals surface area contributed by atoms with Gasteiger partial charge in [-0.2, -0.15) is 0 Å². The molecule has 2 aromatic rings. The molecule has 0 bridgehead atoms. The molecule has 0 radical (unpaired) electrons. The van der Waals surface area contributed by atoms with Gasteiger partial charge in [-0.15, -0.1) is 5.10 Å². The molecule has 1 fully saturated rings. The standard InChI is InChI=1S/C14H18N4O4/c1-13(2,19)22-10-7-21-9-6-18-12(14(9,10)20)11(16-17-18)8-4-3-5-15-8/h3-5,9-10,15,19-20H,6-7H2,1-2H3/t9-,10+,14-/m1/s1. The summed E-state index contributed by atoms with van der Waals surface area (Å²) in [5.41, 5.74) is 0.519. The minimum absolute atomic E-state index is 0.209. The van der Waals surface area contributed by atoms with E-state index in [2.05, 4.69) is 15.3 Å². The summed E-state index contributed by atoms with van der Waals surface area (Å²) >= 11 is 0. The number of fused-ring (bicyclic) bond motifs is 3. The molecule has 1 saturated heterocycles. The molecule has 8 nitrogen and oxygen atoms in total. The zero-order chi connectivity index (χ0) is 15.5. The summed E-state index contributed by atoms with van der Waals surface area (Å²) < 4.78 is 12.9. The Labute approximate surface area is 126 Å². The summed E-state index contributed by atoms with van der Waals surface area (Å²) in [6.45, 7) is 3.67. The smallest absolute Gasteiger partial charge is 0.165 e. The fourth-order valence-electron chi connectivity index (χ4n) is 3.29. The minimum atomic E-state index is -1.38. The second-order valence-electron chi connectivity index (χ2n) is 6.25. The predicted octanol–water partition coefficient (Wildman–Crippen LogP) is -0.0132. The third-order valence-electron chi connectivity index (χ3n) is 4.17. The zero-order valence-corrected chi connectivity index (χ0v) is 12.4. The van der Waals surface area contributed by atoms with E-state index in [1.54, 1.807) is 10.9 Å². The Morgan fingerprint density at radius 2 is 2.36 bits per heavy atom. The van der Waals surface area contributed by atoms with Crippen LogP contribution in [0.15, 0.2) is 18.3 Å². The van der Waals surface area contributed by atoms with Crippen LogP contribution in [0.5, 0.6) is 0 Å². The van der Waals surface area contributed by atoms with Crippen molar-refractivity contribution in [2.45, 2.75) is 44.0 Å². The summed E-state index contributed by atoms with van der Waals surface area (Å²) in [6, 6.07) is 3.72. The molecule has 0 saturated carbocycles. The van der Waals surface area contributed by atoms with Gasteiger partial charge in [-0.25, -0.2) is 4.68 Å². The number of aromatic amines is 1. The van der Waals surface area contributed by atoms with Crippen LogP contribution in [0.3, 0.4) is 0 Å². The number of hydrogen-bond acceptors (Lipinski definition) is 6. The molecule has 0 amide bonds. The van der Waals surface area contributed by atoms with E-state index in [1.807, 2.05) is 12.1 Å². The number of rotatable bonds is 3. The van der Waals surface area contributed by atoms with Crippen LogP contribution in [-0.2, 0) is 21.6 Å². The van der Waals surface area contributed by atoms with Crippen molar-refractivity contribution < 1.29 is 19.7 Å². The van der Waals surface area contributed by atoms with Gasteiger partial charge in [0.05, 0.1) is 18.8 Å². The lowest BCUT2D eigenvalue weighted by Gasteiger charge is -2.32. The molecular weight excluding hydrogens is 288 g/mol. The van der Waals surface area contributed by atoms with Crippen molar-refractivity contribution in [1.29, 1.82) is 0 Å². The van der Waals surface area contributed by atoms with E-state index in [9.17, 15) is 10.2 Å². The molecule has 3 atom stereocenters. The SMILES string of the molecule is CC(C)(O)O[C@H]1CO[C@@H]2Cn3nnc(-c4ccc[nH]4)c3[C@]12O. The number of ether oxygens (including phenoxy) is 2. The van der Waals surface area contributed by atoms with Crippen LogP contribution in [0.2, 0.25) is 0 Å². The van der Waals surface area contributed by atoms with Crippen LogP contribution < -0.4 is 0 Å². The van der Waals surface area contributed by atoms with Gasteiger partial charge in [-0.05, 0) is 26.0 Å². The quantitative estimate of drug-likeness (QED) is 0.689. The summed E-state index contributed by atoms with van der Waals surface area (Å²) in [5.74, 6) is -1.37. The number of H-pyrrole nitrogens is 1. The molecule has 2 aliphatic rings. The number of aliphatic hydroxyl groups is 2. The van der Waals surface area contributed by atoms with Crippen molar-refractivity contribution in [2.75, 3.05) is 6.61 Å². The maximum atomic E-state index is 11.3. The molecule has 0 unspecified atom stereocenters. The second kappa shape index (κ2) is 4.39. The summed E-state index contributed by atoms with van der Waals surface area (Å²) in [4.78, 5) is 3.07. The van der Waals surface area contributed by atoms with Crippen LogP contribution in [0.25, 0.3) is 11.4 Å². The lowest BCUT2D eigenvalue weighted by atomic mass is 9.90. The fourth-order valence-corrected chi connectivity index (χ4v) is 3.29. The predicted molar refractivity (Wildman–Crippen MR) is 74.6 cm³/mol. The topological polar surface area (TPSA) is 105 Å². The maximum absolute atomic E-state index is 11.3. The number of aromatic nitrogens is 4. The molecule has 0 aromatic carbocycles. The van der Waals surface area contributed by atoms with Gasteiger partial charge in [0.15, 0.2) is 11.4 Å². The normalized spacial score (nSPS) is 30.5. The van der Waals surface area contributed by atoms with E-state index in [4.69, 9.17) is 9.47 Å². The molecule has 118 valence electrons. The van der Waals surface area contributed by atoms with Gasteiger partial charge in [0.1, 0.15) is 23.6 Å². The highest BCUT2D eigenvalue weighted by Crippen LogP contribution is 2.46. The van der Waals surface area contributed by atoms with Gasteiger partial charge >= 0.3 is 0 Å². The van der Waals surface area contributed by atoms with Gasteiger partial charge in [-0.3, -0.25) is 0 Å². The molecule has 4 heterocycles. The van der Waals surface area contributed by atoms with Crippen LogP contribution in [0.1, 0.15) is 19.5 Å². The van der Waals surface area contributed by atoms with Gasteiger partial charge in [0, 0.05) is 6.20 Å². The molecule has 3 N–H and O–H groups in total. The molecule has 4 rings (SSSR count). The Bertz CT molecular complexity index is 690. The maximum Gasteiger partial charge on any atom is 0.165 e. The van der Waals surface area contributed by atoms with Crippen molar-refractivity contribution in [2.24, 2.45) is 0 Å². The molecule has 0 spiro atoms. The number of nitrogens with zero attached hydrogens (tertiary/aromatic N) is 3. The second-order valence-corrected chi connectivity index (χ2v) is 6.25. The minimum Gasteiger partial charge on any atom is -0.378 e. The Balaban J connectivity index is 1.80. The highest BCUT2D eigenvalue weighted by atomic mass is 16.7. The lowest BCUT2D eigenvalue weighted by molar-refractivity contribution is -0.238. The van der Waals surface area contributed by atoms with Crippen molar-refractivity contribution >= 4 is 0 Å². The number of hydrogen-bond donors (Lipinski definition) is 3. The number of nitrogens with one attached hydrogen (secondary N) is 1. The first kappa shape index (κ1) is 13.9. The van der Waals surface area contributed by atoms with E-state index in [1.165, 1.54) is 13.8 Å². The highest BCUT2D eigenvalue weighted by molar-refractivity contribution is 5.59. The van der Waals surface area contributed by atoms with E-state index in [0.29, 0.717) is 17.9 Å². The fraction of sp³-hybridized carbons (Fsp3) is 0.571. The first-order chi connectivity index (χ1) is 10.4. The molecule has 2 aromatic heterocycles. The monoisotopic (exact) mass is 306 g/mol. The highest BCUT2D eigenvalue weighted by Gasteiger charge is 2.61. The van der Waals surface area contributed by atoms with Crippen LogP contribution >= 0.6 is 0 Å². The largest absolute Gasteiger partial charge is 0.378 e. The molecule has 0 aliphatic carbocycles. The van der Waals surface area contributed by atoms with Crippen molar-refractivity contribution in [1.82, 2.24) is 20.0 Å². The van der Waals surface area contributed by atoms with Crippen LogP contribution in [0, 0.1) is 0 Å². The molecular formula is C14H18N4O4. The van der Waals surface area contributed by atoms with Gasteiger partial charge < -0.3 is 24.7 Å². The Morgan fingerprint density at radius 1 is 1.55 bits per heavy atom. The van der Waals surface area contributed by atoms with Gasteiger partial charge in [-0.1, -0.05) is 5.21 Å². The van der Waals surface area contributed by atoms with E-state index >= 15 is 0 Å². The summed E-state index contributed by atoms with van der Waals surface area (Å²) in [7, 11) is 0. The van der Waals surface area contributed by atoms with E-state index in [0.717, 1.165) is 5.69 Å². The average Bonchev–Trinajstić information content (AvgIpc) is 3.13. The average molecular weight is 306 g/mol. The molecule has 22 heavy (non-hydrogen) atoms. The first-order valence-electron chi connectivity index (χ1n) is 7.21. The zero-order valence-electron chi connectivity index (χ0n) is 12.4. The van der Waals surface area contributed by atoms with Crippen LogP contribution in [-0.4, -0.2) is 54.8 Å². The van der Waals surface area contributed by atoms with E-state index < -0.39 is 23.6 Å². The first-order valence-corrected chi connectivity index (χ1v) is 7.21. The Hall–Kier alpha value is -1.74. The molecule has 8 heteroatoms.